The molecule has 1 saturated heterocycles. The first-order chi connectivity index (χ1) is 11.7. The van der Waals surface area contributed by atoms with E-state index in [2.05, 4.69) is 10.9 Å². The Labute approximate surface area is 141 Å². The van der Waals surface area contributed by atoms with Crippen LogP contribution in [-0.4, -0.2) is 31.5 Å². The molecule has 1 aliphatic heterocycles. The molecule has 2 unspecified atom stereocenters. The molecule has 2 aromatic rings. The first-order valence-electron chi connectivity index (χ1n) is 7.96. The molecule has 0 aromatic heterocycles. The minimum Gasteiger partial charge on any atom is -0.507 e. The summed E-state index contributed by atoms with van der Waals surface area (Å²) in [5.74, 6) is 2.37. The van der Waals surface area contributed by atoms with Crippen LogP contribution in [0.4, 0.5) is 0 Å². The summed E-state index contributed by atoms with van der Waals surface area (Å²) in [5.41, 5.74) is 7.01. The van der Waals surface area contributed by atoms with E-state index in [1.165, 1.54) is 0 Å². The molecule has 1 heterocycles. The van der Waals surface area contributed by atoms with E-state index >= 15 is 0 Å². The fourth-order valence-electron chi connectivity index (χ4n) is 2.74. The van der Waals surface area contributed by atoms with Crippen molar-refractivity contribution in [1.29, 1.82) is 0 Å². The first-order valence-corrected chi connectivity index (χ1v) is 7.96. The van der Waals surface area contributed by atoms with Crippen molar-refractivity contribution in [2.45, 2.75) is 19.1 Å². The Morgan fingerprint density at radius 3 is 2.46 bits per heavy atom. The Bertz CT molecular complexity index is 675. The Morgan fingerprint density at radius 1 is 1.08 bits per heavy atom. The first kappa shape index (κ1) is 16.4. The van der Waals surface area contributed by atoms with E-state index < -0.39 is 0 Å². The summed E-state index contributed by atoms with van der Waals surface area (Å²) in [4.78, 5) is 0. The van der Waals surface area contributed by atoms with Gasteiger partial charge in [0.15, 0.2) is 0 Å². The normalized spacial score (nSPS) is 19.9. The van der Waals surface area contributed by atoms with Crippen LogP contribution in [0.25, 0.3) is 0 Å². The minimum atomic E-state index is -0.164. The lowest BCUT2D eigenvalue weighted by Crippen LogP contribution is -2.28. The average Bonchev–Trinajstić information content (AvgIpc) is 3.04. The number of ether oxygens (including phenoxy) is 3. The molecule has 6 heteroatoms. The molecule has 2 aromatic carbocycles. The zero-order chi connectivity index (χ0) is 16.9. The summed E-state index contributed by atoms with van der Waals surface area (Å²) in [6.45, 7) is 3.10. The van der Waals surface area contributed by atoms with Gasteiger partial charge in [0.2, 0.25) is 0 Å². The molecule has 3 N–H and O–H groups in total. The van der Waals surface area contributed by atoms with Crippen LogP contribution in [-0.2, 0) is 0 Å². The highest BCUT2D eigenvalue weighted by Gasteiger charge is 2.32. The van der Waals surface area contributed by atoms with Gasteiger partial charge in [0.05, 0.1) is 19.8 Å². The topological polar surface area (TPSA) is 72.0 Å². The van der Waals surface area contributed by atoms with E-state index in [1.54, 1.807) is 13.2 Å². The van der Waals surface area contributed by atoms with E-state index in [9.17, 15) is 5.11 Å². The second kappa shape index (κ2) is 7.42. The van der Waals surface area contributed by atoms with Crippen molar-refractivity contribution in [3.8, 4) is 23.0 Å². The van der Waals surface area contributed by atoms with Crippen LogP contribution in [0.1, 0.15) is 18.5 Å². The van der Waals surface area contributed by atoms with Crippen LogP contribution in [0.2, 0.25) is 0 Å². The monoisotopic (exact) mass is 330 g/mol. The molecule has 1 fully saturated rings. The van der Waals surface area contributed by atoms with E-state index in [1.807, 2.05) is 43.3 Å². The van der Waals surface area contributed by atoms with Crippen molar-refractivity contribution in [2.24, 2.45) is 0 Å². The summed E-state index contributed by atoms with van der Waals surface area (Å²) in [6.07, 6.45) is -0.151. The highest BCUT2D eigenvalue weighted by molar-refractivity contribution is 5.42. The number of nitrogens with one attached hydrogen (secondary N) is 2. The zero-order valence-corrected chi connectivity index (χ0v) is 13.8. The molecule has 0 radical (unpaired) electrons. The Kier molecular flexibility index (Phi) is 5.08. The summed E-state index contributed by atoms with van der Waals surface area (Å²) in [7, 11) is 1.63. The molecular weight excluding hydrogens is 308 g/mol. The molecule has 128 valence electrons. The van der Waals surface area contributed by atoms with Gasteiger partial charge in [-0.3, -0.25) is 5.43 Å². The van der Waals surface area contributed by atoms with E-state index in [0.717, 1.165) is 17.1 Å². The number of phenols is 1. The highest BCUT2D eigenvalue weighted by atomic mass is 16.5. The predicted octanol–water partition coefficient (Wildman–Crippen LogP) is 2.40. The molecule has 2 atom stereocenters. The lowest BCUT2D eigenvalue weighted by Gasteiger charge is -2.21. The van der Waals surface area contributed by atoms with Gasteiger partial charge in [-0.05, 0) is 43.3 Å². The molecule has 0 saturated carbocycles. The van der Waals surface area contributed by atoms with Crippen LogP contribution < -0.4 is 25.1 Å². The average molecular weight is 330 g/mol. The van der Waals surface area contributed by atoms with Crippen molar-refractivity contribution >= 4 is 0 Å². The summed E-state index contributed by atoms with van der Waals surface area (Å²) >= 11 is 0. The van der Waals surface area contributed by atoms with Gasteiger partial charge in [-0.25, -0.2) is 5.43 Å². The third kappa shape index (κ3) is 3.55. The molecule has 1 aliphatic rings. The van der Waals surface area contributed by atoms with Gasteiger partial charge in [0.1, 0.15) is 29.1 Å². The lowest BCUT2D eigenvalue weighted by molar-refractivity contribution is 0.195. The number of phenolic OH excluding ortho intramolecular Hbond substituents is 1. The minimum absolute atomic E-state index is 0.151. The van der Waals surface area contributed by atoms with Crippen molar-refractivity contribution in [2.75, 3.05) is 20.3 Å². The SMILES string of the molecule is CCOc1ccc(C2NNCC2Oc2ccc(OC)cc2)c(O)c1. The van der Waals surface area contributed by atoms with Gasteiger partial charge in [-0.15, -0.1) is 0 Å². The van der Waals surface area contributed by atoms with Crippen molar-refractivity contribution in [3.63, 3.8) is 0 Å². The van der Waals surface area contributed by atoms with Crippen molar-refractivity contribution in [3.05, 3.63) is 48.0 Å². The molecule has 0 bridgehead atoms. The molecule has 24 heavy (non-hydrogen) atoms. The zero-order valence-electron chi connectivity index (χ0n) is 13.8. The standard InChI is InChI=1S/C18H22N2O4/c1-3-23-14-8-9-15(16(21)10-14)18-17(11-19-20-18)24-13-6-4-12(22-2)5-7-13/h4-10,17-21H,3,11H2,1-2H3. The van der Waals surface area contributed by atoms with Gasteiger partial charge in [-0.1, -0.05) is 0 Å². The number of rotatable bonds is 6. The quantitative estimate of drug-likeness (QED) is 0.755. The number of hydrogen-bond donors (Lipinski definition) is 3. The fourth-order valence-corrected chi connectivity index (χ4v) is 2.74. The molecule has 0 spiro atoms. The molecule has 3 rings (SSSR count). The van der Waals surface area contributed by atoms with Crippen LogP contribution >= 0.6 is 0 Å². The number of hydrogen-bond acceptors (Lipinski definition) is 6. The fraction of sp³-hybridized carbons (Fsp3) is 0.333. The number of methoxy groups -OCH3 is 1. The van der Waals surface area contributed by atoms with Gasteiger partial charge >= 0.3 is 0 Å². The van der Waals surface area contributed by atoms with Crippen LogP contribution in [0.5, 0.6) is 23.0 Å². The van der Waals surface area contributed by atoms with Gasteiger partial charge in [-0.2, -0.15) is 0 Å². The smallest absolute Gasteiger partial charge is 0.133 e. The van der Waals surface area contributed by atoms with Gasteiger partial charge in [0.25, 0.3) is 0 Å². The van der Waals surface area contributed by atoms with Gasteiger partial charge in [0, 0.05) is 18.2 Å². The van der Waals surface area contributed by atoms with Crippen molar-refractivity contribution < 1.29 is 19.3 Å². The summed E-state index contributed by atoms with van der Waals surface area (Å²) in [6, 6.07) is 12.6. The second-order valence-electron chi connectivity index (χ2n) is 5.49. The largest absolute Gasteiger partial charge is 0.507 e. The molecule has 0 aliphatic carbocycles. The van der Waals surface area contributed by atoms with E-state index in [4.69, 9.17) is 14.2 Å². The third-order valence-corrected chi connectivity index (χ3v) is 3.93. The predicted molar refractivity (Wildman–Crippen MR) is 90.6 cm³/mol. The second-order valence-corrected chi connectivity index (χ2v) is 5.49. The Hall–Kier alpha value is -2.44. The van der Waals surface area contributed by atoms with E-state index in [0.29, 0.717) is 18.9 Å². The maximum absolute atomic E-state index is 10.3. The summed E-state index contributed by atoms with van der Waals surface area (Å²) < 4.78 is 16.6. The third-order valence-electron chi connectivity index (χ3n) is 3.93. The van der Waals surface area contributed by atoms with Crippen LogP contribution in [0, 0.1) is 0 Å². The molecular formula is C18H22N2O4. The Balaban J connectivity index is 1.75. The van der Waals surface area contributed by atoms with Crippen LogP contribution in [0.3, 0.4) is 0 Å². The lowest BCUT2D eigenvalue weighted by atomic mass is 10.0. The summed E-state index contributed by atoms with van der Waals surface area (Å²) in [5, 5.41) is 10.3. The Morgan fingerprint density at radius 2 is 1.79 bits per heavy atom. The maximum Gasteiger partial charge on any atom is 0.133 e. The number of hydrazine groups is 1. The van der Waals surface area contributed by atoms with Gasteiger partial charge < -0.3 is 19.3 Å². The number of aromatic hydroxyl groups is 1. The van der Waals surface area contributed by atoms with Crippen molar-refractivity contribution in [1.82, 2.24) is 10.9 Å². The van der Waals surface area contributed by atoms with E-state index in [-0.39, 0.29) is 17.9 Å². The molecule has 6 nitrogen and oxygen atoms in total. The highest BCUT2D eigenvalue weighted by Crippen LogP contribution is 2.33. The molecule has 0 amide bonds. The maximum atomic E-state index is 10.3. The number of benzene rings is 2. The van der Waals surface area contributed by atoms with Crippen LogP contribution in [0.15, 0.2) is 42.5 Å².